The minimum atomic E-state index is -0.321. The second-order valence-electron chi connectivity index (χ2n) is 9.33. The smallest absolute Gasteiger partial charge is 0.159 e. The minimum absolute atomic E-state index is 0.301. The maximum Gasteiger partial charge on any atom is 0.159 e. The van der Waals surface area contributed by atoms with Gasteiger partial charge >= 0.3 is 0 Å². The lowest BCUT2D eigenvalue weighted by Gasteiger charge is -2.14. The van der Waals surface area contributed by atoms with E-state index in [-0.39, 0.29) is 5.82 Å². The van der Waals surface area contributed by atoms with Crippen molar-refractivity contribution in [3.8, 4) is 22.6 Å². The molecule has 0 saturated carbocycles. The summed E-state index contributed by atoms with van der Waals surface area (Å²) in [5.41, 5.74) is 7.80. The molecule has 0 amide bonds. The summed E-state index contributed by atoms with van der Waals surface area (Å²) in [4.78, 5) is 12.4. The van der Waals surface area contributed by atoms with E-state index in [4.69, 9.17) is 4.98 Å². The minimum Gasteiger partial charge on any atom is -0.359 e. The van der Waals surface area contributed by atoms with Gasteiger partial charge in [-0.05, 0) is 54.3 Å². The van der Waals surface area contributed by atoms with Gasteiger partial charge in [0.15, 0.2) is 5.82 Å². The molecule has 2 aromatic carbocycles. The third-order valence-electron chi connectivity index (χ3n) is 6.52. The Bertz CT molecular complexity index is 1730. The second kappa shape index (κ2) is 10.3. The molecular formula is C31H29FN6. The predicted molar refractivity (Wildman–Crippen MR) is 153 cm³/mol. The number of halogens is 1. The molecule has 7 heteroatoms. The number of fused-ring (bicyclic) bond motifs is 2. The van der Waals surface area contributed by atoms with Crippen LogP contribution in [0, 0.1) is 11.7 Å². The number of pyridine rings is 1. The van der Waals surface area contributed by atoms with Crippen molar-refractivity contribution in [1.29, 1.82) is 0 Å². The predicted octanol–water partition coefficient (Wildman–Crippen LogP) is 7.54. The van der Waals surface area contributed by atoms with E-state index in [1.807, 2.05) is 19.1 Å². The topological polar surface area (TPSA) is 82.3 Å². The Kier molecular flexibility index (Phi) is 6.75. The number of imidazole rings is 1. The average molecular weight is 505 g/mol. The molecule has 0 aliphatic heterocycles. The first kappa shape index (κ1) is 24.9. The zero-order chi connectivity index (χ0) is 26.8. The summed E-state index contributed by atoms with van der Waals surface area (Å²) in [6.45, 7) is 14.2. The number of nitrogens with one attached hydrogen (secondary N) is 3. The summed E-state index contributed by atoms with van der Waals surface area (Å²) in [6.07, 6.45) is 9.21. The van der Waals surface area contributed by atoms with Crippen LogP contribution >= 0.6 is 0 Å². The number of hydrogen-bond donors (Lipinski definition) is 3. The molecule has 5 aromatic rings. The van der Waals surface area contributed by atoms with E-state index in [0.717, 1.165) is 33.4 Å². The van der Waals surface area contributed by atoms with Crippen molar-refractivity contribution in [2.45, 2.75) is 20.8 Å². The summed E-state index contributed by atoms with van der Waals surface area (Å²) in [5, 5.41) is 11.9. The van der Waals surface area contributed by atoms with Crippen LogP contribution < -0.4 is 5.32 Å². The number of aromatic nitrogens is 5. The van der Waals surface area contributed by atoms with Crippen LogP contribution in [0.2, 0.25) is 0 Å². The highest BCUT2D eigenvalue weighted by atomic mass is 19.1. The number of hydrogen-bond acceptors (Lipinski definition) is 4. The summed E-state index contributed by atoms with van der Waals surface area (Å²) in [7, 11) is 0. The third-order valence-corrected chi connectivity index (χ3v) is 6.52. The summed E-state index contributed by atoms with van der Waals surface area (Å²) < 4.78 is 14.6. The molecule has 38 heavy (non-hydrogen) atoms. The molecule has 0 radical (unpaired) electrons. The van der Waals surface area contributed by atoms with Gasteiger partial charge in [-0.15, -0.1) is 0 Å². The van der Waals surface area contributed by atoms with E-state index >= 15 is 0 Å². The van der Waals surface area contributed by atoms with Gasteiger partial charge in [0.1, 0.15) is 17.0 Å². The fraction of sp³-hybridized carbons (Fsp3) is 0.129. The van der Waals surface area contributed by atoms with Crippen molar-refractivity contribution in [2.24, 2.45) is 5.92 Å². The zero-order valence-corrected chi connectivity index (χ0v) is 21.6. The number of allylic oxidation sites excluding steroid dienone is 5. The number of nitrogens with zero attached hydrogens (tertiary/aromatic N) is 3. The first-order valence-corrected chi connectivity index (χ1v) is 12.4. The van der Waals surface area contributed by atoms with Gasteiger partial charge < -0.3 is 10.3 Å². The van der Waals surface area contributed by atoms with E-state index in [1.54, 1.807) is 36.7 Å². The molecule has 5 rings (SSSR count). The van der Waals surface area contributed by atoms with Gasteiger partial charge in [0.05, 0.1) is 17.2 Å². The highest BCUT2D eigenvalue weighted by Crippen LogP contribution is 2.33. The first-order valence-electron chi connectivity index (χ1n) is 12.4. The second-order valence-corrected chi connectivity index (χ2v) is 9.33. The van der Waals surface area contributed by atoms with Gasteiger partial charge in [0, 0.05) is 34.1 Å². The molecule has 3 aromatic heterocycles. The maximum atomic E-state index is 14.6. The Morgan fingerprint density at radius 2 is 1.89 bits per heavy atom. The van der Waals surface area contributed by atoms with E-state index in [0.29, 0.717) is 39.6 Å². The van der Waals surface area contributed by atoms with Gasteiger partial charge in [-0.2, -0.15) is 5.10 Å². The molecule has 6 nitrogen and oxygen atoms in total. The molecule has 3 heterocycles. The maximum absolute atomic E-state index is 14.6. The molecule has 190 valence electrons. The standard InChI is InChI=1S/C31H29FN6/c1-6-20(14-22(7-2)34-19(5)18(3)4)21-12-13-27-24(15-21)30(38-37-27)31-35-28-17-33-16-25(29(28)36-31)23-10-8-9-11-26(23)32/h6-18,34H,2,5H2,1,3-4H3,(H,35,36)(H,37,38)/b20-6+,22-14+. The van der Waals surface area contributed by atoms with Crippen molar-refractivity contribution in [3.63, 3.8) is 0 Å². The molecule has 0 aliphatic carbocycles. The van der Waals surface area contributed by atoms with Crippen LogP contribution in [0.4, 0.5) is 4.39 Å². The monoisotopic (exact) mass is 504 g/mol. The van der Waals surface area contributed by atoms with Crippen molar-refractivity contribution in [3.05, 3.63) is 109 Å². The number of H-pyrrole nitrogens is 2. The normalized spacial score (nSPS) is 12.4. The SMILES string of the molecule is C=C/C(=C\C(=C/C)c1ccc2[nH]nc(-c3nc4c(-c5ccccc5F)cncc4[nH]3)c2c1)NC(=C)C(C)C. The van der Waals surface area contributed by atoms with Crippen molar-refractivity contribution in [2.75, 3.05) is 0 Å². The van der Waals surface area contributed by atoms with E-state index in [1.165, 1.54) is 6.07 Å². The van der Waals surface area contributed by atoms with Gasteiger partial charge in [-0.1, -0.05) is 57.3 Å². The largest absolute Gasteiger partial charge is 0.359 e. The van der Waals surface area contributed by atoms with Crippen molar-refractivity contribution < 1.29 is 4.39 Å². The first-order chi connectivity index (χ1) is 18.4. The number of rotatable bonds is 8. The molecule has 0 aliphatic rings. The Balaban J connectivity index is 1.57. The Morgan fingerprint density at radius 1 is 1.08 bits per heavy atom. The Morgan fingerprint density at radius 3 is 2.63 bits per heavy atom. The van der Waals surface area contributed by atoms with Crippen LogP contribution in [-0.2, 0) is 0 Å². The third kappa shape index (κ3) is 4.66. The van der Waals surface area contributed by atoms with Crippen LogP contribution in [0.25, 0.3) is 50.2 Å². The highest BCUT2D eigenvalue weighted by Gasteiger charge is 2.17. The zero-order valence-electron chi connectivity index (χ0n) is 21.6. The summed E-state index contributed by atoms with van der Waals surface area (Å²) in [5.74, 6) is 0.557. The average Bonchev–Trinajstić information content (AvgIpc) is 3.54. The van der Waals surface area contributed by atoms with Crippen LogP contribution in [0.3, 0.4) is 0 Å². The molecular weight excluding hydrogens is 475 g/mol. The lowest BCUT2D eigenvalue weighted by Crippen LogP contribution is -2.14. The fourth-order valence-corrected chi connectivity index (χ4v) is 4.27. The number of aromatic amines is 2. The Labute approximate surface area is 220 Å². The fourth-order valence-electron chi connectivity index (χ4n) is 4.27. The van der Waals surface area contributed by atoms with E-state index < -0.39 is 0 Å². The van der Waals surface area contributed by atoms with Crippen LogP contribution in [0.5, 0.6) is 0 Å². The van der Waals surface area contributed by atoms with Gasteiger partial charge in [0.2, 0.25) is 0 Å². The molecule has 0 unspecified atom stereocenters. The molecule has 0 spiro atoms. The lowest BCUT2D eigenvalue weighted by molar-refractivity contribution is 0.631. The van der Waals surface area contributed by atoms with Gasteiger partial charge in [0.25, 0.3) is 0 Å². The van der Waals surface area contributed by atoms with E-state index in [2.05, 4.69) is 70.7 Å². The summed E-state index contributed by atoms with van der Waals surface area (Å²) >= 11 is 0. The molecule has 3 N–H and O–H groups in total. The van der Waals surface area contributed by atoms with Crippen LogP contribution in [0.15, 0.2) is 97.6 Å². The molecule has 0 atom stereocenters. The molecule has 0 saturated heterocycles. The van der Waals surface area contributed by atoms with Crippen molar-refractivity contribution in [1.82, 2.24) is 30.5 Å². The Hall–Kier alpha value is -4.78. The van der Waals surface area contributed by atoms with Crippen LogP contribution in [-0.4, -0.2) is 25.1 Å². The van der Waals surface area contributed by atoms with Gasteiger partial charge in [-0.3, -0.25) is 10.1 Å². The number of benzene rings is 2. The van der Waals surface area contributed by atoms with Crippen LogP contribution in [0.1, 0.15) is 26.3 Å². The molecule has 0 bridgehead atoms. The lowest BCUT2D eigenvalue weighted by atomic mass is 10.0. The highest BCUT2D eigenvalue weighted by molar-refractivity contribution is 5.98. The summed E-state index contributed by atoms with van der Waals surface area (Å²) in [6, 6.07) is 12.8. The quantitative estimate of drug-likeness (QED) is 0.191. The van der Waals surface area contributed by atoms with Gasteiger partial charge in [-0.25, -0.2) is 9.37 Å². The van der Waals surface area contributed by atoms with E-state index in [9.17, 15) is 4.39 Å². The van der Waals surface area contributed by atoms with Crippen molar-refractivity contribution >= 4 is 27.5 Å². The molecule has 0 fully saturated rings.